The van der Waals surface area contributed by atoms with Crippen LogP contribution in [0.5, 0.6) is 0 Å². The number of fused-ring (bicyclic) bond motifs is 2. The number of hydrazine groups is 2. The van der Waals surface area contributed by atoms with Crippen LogP contribution in [0.3, 0.4) is 0 Å². The van der Waals surface area contributed by atoms with Crippen LogP contribution >= 0.6 is 11.6 Å². The molecule has 1 saturated carbocycles. The van der Waals surface area contributed by atoms with Gasteiger partial charge in [-0.15, -0.1) is 5.53 Å². The number of nitrogens with zero attached hydrogens (tertiary/aromatic N) is 4. The average Bonchev–Trinajstić information content (AvgIpc) is 3.66. The van der Waals surface area contributed by atoms with E-state index in [9.17, 15) is 5.26 Å². The summed E-state index contributed by atoms with van der Waals surface area (Å²) in [5.41, 5.74) is 11.5. The first-order chi connectivity index (χ1) is 18.8. The zero-order valence-electron chi connectivity index (χ0n) is 22.2. The van der Waals surface area contributed by atoms with Gasteiger partial charge in [-0.05, 0) is 47.4 Å². The molecule has 0 saturated heterocycles. The second kappa shape index (κ2) is 9.92. The summed E-state index contributed by atoms with van der Waals surface area (Å²) in [7, 11) is 0. The van der Waals surface area contributed by atoms with Crippen LogP contribution in [0.15, 0.2) is 66.9 Å². The number of nitriles is 1. The number of pyridine rings is 2. The van der Waals surface area contributed by atoms with Crippen molar-refractivity contribution in [3.05, 3.63) is 83.0 Å². The molecule has 6 rings (SSSR count). The fourth-order valence-electron chi connectivity index (χ4n) is 4.90. The van der Waals surface area contributed by atoms with Crippen LogP contribution in [-0.2, 0) is 0 Å². The maximum Gasteiger partial charge on any atom is 0.103 e. The van der Waals surface area contributed by atoms with Gasteiger partial charge in [-0.2, -0.15) is 5.26 Å². The van der Waals surface area contributed by atoms with Gasteiger partial charge in [-0.3, -0.25) is 15.0 Å². The largest absolute Gasteiger partial charge is 0.383 e. The molecular weight excluding hydrogens is 508 g/mol. The normalized spacial score (nSPS) is 16.1. The minimum absolute atomic E-state index is 0.0251. The Labute approximate surface area is 233 Å². The Hall–Kier alpha value is -4.06. The summed E-state index contributed by atoms with van der Waals surface area (Å²) in [6.45, 7) is 7.16. The molecule has 1 aliphatic heterocycles. The second-order valence-electron chi connectivity index (χ2n) is 11.4. The first-order valence-electron chi connectivity index (χ1n) is 13.2. The Morgan fingerprint density at radius 1 is 1.18 bits per heavy atom. The van der Waals surface area contributed by atoms with E-state index in [2.05, 4.69) is 87.8 Å². The second-order valence-corrected chi connectivity index (χ2v) is 11.8. The lowest BCUT2D eigenvalue weighted by molar-refractivity contribution is 0.260. The third-order valence-corrected chi connectivity index (χ3v) is 7.32. The maximum absolute atomic E-state index is 9.85. The summed E-state index contributed by atoms with van der Waals surface area (Å²) in [6, 6.07) is 14.8. The van der Waals surface area contributed by atoms with E-state index in [1.54, 1.807) is 6.20 Å². The van der Waals surface area contributed by atoms with Crippen LogP contribution < -0.4 is 21.6 Å². The van der Waals surface area contributed by atoms with Gasteiger partial charge in [-0.1, -0.05) is 50.6 Å². The van der Waals surface area contributed by atoms with Crippen molar-refractivity contribution in [3.63, 3.8) is 0 Å². The molecule has 0 unspecified atom stereocenters. The van der Waals surface area contributed by atoms with Crippen molar-refractivity contribution >= 4 is 44.7 Å². The Balaban J connectivity index is 1.46. The van der Waals surface area contributed by atoms with Crippen LogP contribution in [0.2, 0.25) is 5.02 Å². The van der Waals surface area contributed by atoms with Gasteiger partial charge >= 0.3 is 0 Å². The molecule has 1 fully saturated rings. The molecule has 8 nitrogen and oxygen atoms in total. The standard InChI is InChI=1S/C30H31ClN8/c1-30(2,3)17-35-27-19(13-32)15-34-28-24(27)11-20(12-25(28)31)36-29(26-16-39(38-37-26)21-7-8-21)23-6-4-5-18-14-33-10-9-22(18)23/h4-6,9-12,14-16,21,29,36-38H,7-8,17H2,1-3H3,(H,34,35)/t29-/m0/s1. The molecule has 198 valence electrons. The fraction of sp³-hybridized carbons (Fsp3) is 0.300. The Morgan fingerprint density at radius 3 is 2.79 bits per heavy atom. The van der Waals surface area contributed by atoms with Gasteiger partial charge in [0.25, 0.3) is 0 Å². The van der Waals surface area contributed by atoms with E-state index >= 15 is 0 Å². The highest BCUT2D eigenvalue weighted by atomic mass is 35.5. The van der Waals surface area contributed by atoms with Crippen molar-refractivity contribution in [1.29, 1.82) is 5.26 Å². The molecule has 2 aliphatic rings. The van der Waals surface area contributed by atoms with E-state index in [0.29, 0.717) is 28.7 Å². The first kappa shape index (κ1) is 25.2. The molecule has 2 aromatic carbocycles. The van der Waals surface area contributed by atoms with Crippen molar-refractivity contribution in [1.82, 2.24) is 25.9 Å². The molecule has 2 aromatic heterocycles. The van der Waals surface area contributed by atoms with E-state index in [0.717, 1.165) is 38.8 Å². The lowest BCUT2D eigenvalue weighted by Crippen LogP contribution is -2.38. The van der Waals surface area contributed by atoms with Crippen LogP contribution in [0.1, 0.15) is 50.8 Å². The van der Waals surface area contributed by atoms with Gasteiger partial charge in [0.2, 0.25) is 0 Å². The summed E-state index contributed by atoms with van der Waals surface area (Å²) in [5.74, 6) is 0. The molecule has 1 aliphatic carbocycles. The molecule has 9 heteroatoms. The third kappa shape index (κ3) is 5.16. The molecule has 0 bridgehead atoms. The summed E-state index contributed by atoms with van der Waals surface area (Å²) in [4.78, 5) is 8.84. The quantitative estimate of drug-likeness (QED) is 0.219. The highest BCUT2D eigenvalue weighted by Crippen LogP contribution is 2.38. The van der Waals surface area contributed by atoms with Crippen molar-refractivity contribution in [2.75, 3.05) is 17.2 Å². The molecule has 0 spiro atoms. The average molecular weight is 539 g/mol. The predicted molar refractivity (Wildman–Crippen MR) is 157 cm³/mol. The van der Waals surface area contributed by atoms with E-state index in [-0.39, 0.29) is 11.5 Å². The zero-order chi connectivity index (χ0) is 27.1. The molecule has 0 amide bonds. The predicted octanol–water partition coefficient (Wildman–Crippen LogP) is 6.25. The molecule has 0 radical (unpaired) electrons. The van der Waals surface area contributed by atoms with E-state index in [4.69, 9.17) is 11.6 Å². The summed E-state index contributed by atoms with van der Waals surface area (Å²) in [6.07, 6.45) is 9.79. The van der Waals surface area contributed by atoms with Gasteiger partial charge in [0.1, 0.15) is 6.07 Å². The number of nitrogens with one attached hydrogen (secondary N) is 4. The summed E-state index contributed by atoms with van der Waals surface area (Å²) in [5, 5.41) is 22.7. The highest BCUT2D eigenvalue weighted by molar-refractivity contribution is 6.35. The molecule has 39 heavy (non-hydrogen) atoms. The Kier molecular flexibility index (Phi) is 6.42. The number of rotatable bonds is 7. The van der Waals surface area contributed by atoms with Gasteiger partial charge in [-0.25, -0.2) is 0 Å². The molecule has 1 atom stereocenters. The monoisotopic (exact) mass is 538 g/mol. The van der Waals surface area contributed by atoms with Gasteiger partial charge < -0.3 is 16.1 Å². The van der Waals surface area contributed by atoms with Crippen molar-refractivity contribution in [3.8, 4) is 6.07 Å². The molecule has 3 heterocycles. The zero-order valence-corrected chi connectivity index (χ0v) is 23.0. The van der Waals surface area contributed by atoms with E-state index < -0.39 is 0 Å². The number of aromatic nitrogens is 2. The van der Waals surface area contributed by atoms with Crippen molar-refractivity contribution < 1.29 is 0 Å². The smallest absolute Gasteiger partial charge is 0.103 e. The van der Waals surface area contributed by atoms with Gasteiger partial charge in [0.15, 0.2) is 0 Å². The Morgan fingerprint density at radius 2 is 2.03 bits per heavy atom. The topological polar surface area (TPSA) is 101 Å². The van der Waals surface area contributed by atoms with Crippen molar-refractivity contribution in [2.24, 2.45) is 5.41 Å². The summed E-state index contributed by atoms with van der Waals surface area (Å²) >= 11 is 6.80. The summed E-state index contributed by atoms with van der Waals surface area (Å²) < 4.78 is 0. The third-order valence-electron chi connectivity index (χ3n) is 7.04. The minimum atomic E-state index is -0.209. The lowest BCUT2D eigenvalue weighted by Gasteiger charge is -2.24. The van der Waals surface area contributed by atoms with Gasteiger partial charge in [0, 0.05) is 53.8 Å². The van der Waals surface area contributed by atoms with Gasteiger partial charge in [0.05, 0.1) is 33.5 Å². The number of hydrogen-bond donors (Lipinski definition) is 4. The van der Waals surface area contributed by atoms with E-state index in [1.807, 2.05) is 30.6 Å². The Bertz CT molecular complexity index is 1630. The molecular formula is C30H31ClN8. The fourth-order valence-corrected chi connectivity index (χ4v) is 5.17. The SMILES string of the molecule is CC(C)(C)CNc1c(C#N)cnc2c(Cl)cc(N[C@H](C3=CN(C4CC4)NN3)c3cccc4cnccc34)cc12. The minimum Gasteiger partial charge on any atom is -0.383 e. The number of benzene rings is 2. The lowest BCUT2D eigenvalue weighted by atomic mass is 9.96. The molecule has 4 aromatic rings. The maximum atomic E-state index is 9.85. The number of halogens is 1. The number of anilines is 2. The first-order valence-corrected chi connectivity index (χ1v) is 13.6. The van der Waals surface area contributed by atoms with Crippen LogP contribution in [0.25, 0.3) is 21.7 Å². The van der Waals surface area contributed by atoms with Crippen molar-refractivity contribution in [2.45, 2.75) is 45.7 Å². The molecule has 4 N–H and O–H groups in total. The van der Waals surface area contributed by atoms with Crippen LogP contribution in [0, 0.1) is 16.7 Å². The van der Waals surface area contributed by atoms with Crippen LogP contribution in [0.4, 0.5) is 11.4 Å². The highest BCUT2D eigenvalue weighted by Gasteiger charge is 2.32. The van der Waals surface area contributed by atoms with E-state index in [1.165, 1.54) is 12.8 Å². The number of hydrogen-bond acceptors (Lipinski definition) is 8. The van der Waals surface area contributed by atoms with Crippen LogP contribution in [-0.4, -0.2) is 27.6 Å².